The van der Waals surface area contributed by atoms with Crippen molar-refractivity contribution in [2.45, 2.75) is 58.3 Å². The largest absolute Gasteiger partial charge is 0.318 e. The molecule has 0 atom stereocenters. The maximum atomic E-state index is 12.0. The van der Waals surface area contributed by atoms with Gasteiger partial charge in [0.15, 0.2) is 0 Å². The molecular formula is C25H29N3OS. The maximum Gasteiger partial charge on any atom is 0.245 e. The smallest absolute Gasteiger partial charge is 0.245 e. The van der Waals surface area contributed by atoms with Crippen molar-refractivity contribution >= 4 is 23.5 Å². The van der Waals surface area contributed by atoms with Crippen LogP contribution in [0.3, 0.4) is 0 Å². The summed E-state index contributed by atoms with van der Waals surface area (Å²) in [6, 6.07) is 15.1. The molecule has 1 N–H and O–H groups in total. The third kappa shape index (κ3) is 4.73. The molecule has 0 spiro atoms. The van der Waals surface area contributed by atoms with Crippen LogP contribution in [0.15, 0.2) is 52.9 Å². The molecule has 2 heterocycles. The van der Waals surface area contributed by atoms with E-state index < -0.39 is 0 Å². The van der Waals surface area contributed by atoms with Crippen LogP contribution in [0.25, 0.3) is 5.69 Å². The van der Waals surface area contributed by atoms with Gasteiger partial charge in [0.1, 0.15) is 0 Å². The van der Waals surface area contributed by atoms with E-state index >= 15 is 0 Å². The van der Waals surface area contributed by atoms with Crippen LogP contribution in [0.1, 0.15) is 65.4 Å². The van der Waals surface area contributed by atoms with Crippen LogP contribution in [0.2, 0.25) is 0 Å². The Bertz CT molecular complexity index is 1010. The zero-order valence-electron chi connectivity index (χ0n) is 17.7. The minimum atomic E-state index is -0.0965. The fraction of sp³-hybridized carbons (Fsp3) is 0.360. The molecule has 5 heteroatoms. The van der Waals surface area contributed by atoms with E-state index in [1.165, 1.54) is 43.4 Å². The second-order valence-corrected chi connectivity index (χ2v) is 9.17. The summed E-state index contributed by atoms with van der Waals surface area (Å²) in [4.78, 5) is 13.1. The van der Waals surface area contributed by atoms with Gasteiger partial charge < -0.3 is 4.57 Å². The second-order valence-electron chi connectivity index (χ2n) is 8.14. The number of aromatic nitrogens is 1. The summed E-state index contributed by atoms with van der Waals surface area (Å²) in [6.45, 7) is 4.20. The van der Waals surface area contributed by atoms with Crippen LogP contribution >= 0.6 is 11.3 Å². The highest BCUT2D eigenvalue weighted by Gasteiger charge is 2.16. The first-order valence-corrected chi connectivity index (χ1v) is 11.6. The summed E-state index contributed by atoms with van der Waals surface area (Å²) in [7, 11) is 0. The molecule has 1 aromatic carbocycles. The van der Waals surface area contributed by atoms with Crippen molar-refractivity contribution in [3.8, 4) is 5.69 Å². The van der Waals surface area contributed by atoms with E-state index in [1.807, 2.05) is 17.5 Å². The predicted octanol–water partition coefficient (Wildman–Crippen LogP) is 5.90. The molecule has 3 aromatic rings. The van der Waals surface area contributed by atoms with E-state index in [2.05, 4.69) is 59.3 Å². The van der Waals surface area contributed by atoms with Gasteiger partial charge in [-0.05, 0) is 67.8 Å². The van der Waals surface area contributed by atoms with E-state index in [4.69, 9.17) is 0 Å². The van der Waals surface area contributed by atoms with Crippen molar-refractivity contribution in [1.82, 2.24) is 9.99 Å². The van der Waals surface area contributed by atoms with Gasteiger partial charge in [-0.3, -0.25) is 4.79 Å². The van der Waals surface area contributed by atoms with Gasteiger partial charge in [0.2, 0.25) is 5.91 Å². The van der Waals surface area contributed by atoms with Gasteiger partial charge in [0, 0.05) is 27.5 Å². The first-order valence-electron chi connectivity index (χ1n) is 10.8. The molecule has 0 unspecified atom stereocenters. The van der Waals surface area contributed by atoms with Crippen molar-refractivity contribution in [1.29, 1.82) is 0 Å². The van der Waals surface area contributed by atoms with Gasteiger partial charge in [-0.2, -0.15) is 5.10 Å². The number of rotatable bonds is 6. The third-order valence-electron chi connectivity index (χ3n) is 6.01. The molecule has 1 saturated carbocycles. The number of thiophene rings is 1. The zero-order chi connectivity index (χ0) is 20.9. The summed E-state index contributed by atoms with van der Waals surface area (Å²) in [5.74, 6) is 0.626. The van der Waals surface area contributed by atoms with Crippen molar-refractivity contribution in [2.24, 2.45) is 5.10 Å². The number of carbonyl (C=O) groups excluding carboxylic acids is 1. The van der Waals surface area contributed by atoms with Crippen molar-refractivity contribution in [3.63, 3.8) is 0 Å². The molecular weight excluding hydrogens is 390 g/mol. The number of amides is 1. The van der Waals surface area contributed by atoms with Gasteiger partial charge in [0.05, 0.1) is 12.6 Å². The number of benzene rings is 1. The number of carbonyl (C=O) groups is 1. The molecule has 30 heavy (non-hydrogen) atoms. The average molecular weight is 420 g/mol. The van der Waals surface area contributed by atoms with Gasteiger partial charge in [-0.25, -0.2) is 5.43 Å². The Balaban J connectivity index is 1.44. The number of aryl methyl sites for hydroxylation is 1. The van der Waals surface area contributed by atoms with Gasteiger partial charge in [-0.1, -0.05) is 37.5 Å². The highest BCUT2D eigenvalue weighted by atomic mass is 32.1. The minimum Gasteiger partial charge on any atom is -0.318 e. The van der Waals surface area contributed by atoms with Crippen LogP contribution in [0, 0.1) is 13.8 Å². The van der Waals surface area contributed by atoms with Crippen molar-refractivity contribution < 1.29 is 4.79 Å². The fourth-order valence-corrected chi connectivity index (χ4v) is 5.14. The summed E-state index contributed by atoms with van der Waals surface area (Å²) < 4.78 is 2.25. The van der Waals surface area contributed by atoms with E-state index in [1.54, 1.807) is 17.6 Å². The number of hydrogen-bond donors (Lipinski definition) is 1. The monoisotopic (exact) mass is 419 g/mol. The van der Waals surface area contributed by atoms with Crippen LogP contribution in [-0.4, -0.2) is 16.7 Å². The lowest BCUT2D eigenvalue weighted by molar-refractivity contribution is -0.120. The normalized spacial score (nSPS) is 15.0. The van der Waals surface area contributed by atoms with E-state index in [0.717, 1.165) is 27.7 Å². The first-order chi connectivity index (χ1) is 14.6. The lowest BCUT2D eigenvalue weighted by Crippen LogP contribution is -2.19. The average Bonchev–Trinajstić information content (AvgIpc) is 3.36. The summed E-state index contributed by atoms with van der Waals surface area (Å²) in [5, 5.41) is 6.15. The molecule has 1 fully saturated rings. The first kappa shape index (κ1) is 20.6. The van der Waals surface area contributed by atoms with E-state index in [-0.39, 0.29) is 5.91 Å². The van der Waals surface area contributed by atoms with E-state index in [0.29, 0.717) is 6.42 Å². The highest BCUT2D eigenvalue weighted by molar-refractivity contribution is 7.10. The Morgan fingerprint density at radius 2 is 1.93 bits per heavy atom. The summed E-state index contributed by atoms with van der Waals surface area (Å²) in [5.41, 5.74) is 8.57. The Morgan fingerprint density at radius 1 is 1.17 bits per heavy atom. The number of hydrazone groups is 1. The van der Waals surface area contributed by atoms with Crippen molar-refractivity contribution in [3.05, 3.63) is 75.2 Å². The maximum absolute atomic E-state index is 12.0. The molecule has 0 radical (unpaired) electrons. The van der Waals surface area contributed by atoms with Gasteiger partial charge >= 0.3 is 0 Å². The van der Waals surface area contributed by atoms with E-state index in [9.17, 15) is 4.79 Å². The number of nitrogens with one attached hydrogen (secondary N) is 1. The second kappa shape index (κ2) is 9.43. The Kier molecular flexibility index (Phi) is 6.48. The SMILES string of the molecule is Cc1cc(/C=N\NC(=O)Cc2cccs2)c(C)n1-c1ccc(C2CCCCC2)cc1. The summed E-state index contributed by atoms with van der Waals surface area (Å²) in [6.07, 6.45) is 8.83. The number of hydrogen-bond acceptors (Lipinski definition) is 3. The van der Waals surface area contributed by atoms with Crippen LogP contribution in [-0.2, 0) is 11.2 Å². The summed E-state index contributed by atoms with van der Waals surface area (Å²) >= 11 is 1.58. The number of nitrogens with zero attached hydrogens (tertiary/aromatic N) is 2. The molecule has 0 bridgehead atoms. The molecule has 4 nitrogen and oxygen atoms in total. The third-order valence-corrected chi connectivity index (χ3v) is 6.88. The molecule has 1 aliphatic rings. The van der Waals surface area contributed by atoms with Gasteiger partial charge in [0.25, 0.3) is 0 Å². The topological polar surface area (TPSA) is 46.4 Å². The molecule has 1 aliphatic carbocycles. The Hall–Kier alpha value is -2.66. The molecule has 4 rings (SSSR count). The minimum absolute atomic E-state index is 0.0965. The quantitative estimate of drug-likeness (QED) is 0.393. The molecule has 1 amide bonds. The standard InChI is InChI=1S/C25H29N3OS/c1-18-15-22(17-26-27-25(29)16-24-9-6-14-30-24)19(2)28(18)23-12-10-21(11-13-23)20-7-4-3-5-8-20/h6,9-15,17,20H,3-5,7-8,16H2,1-2H3,(H,27,29)/b26-17-. The molecule has 0 aliphatic heterocycles. The molecule has 2 aromatic heterocycles. The molecule has 156 valence electrons. The highest BCUT2D eigenvalue weighted by Crippen LogP contribution is 2.33. The van der Waals surface area contributed by atoms with Gasteiger partial charge in [-0.15, -0.1) is 11.3 Å². The fourth-order valence-electron chi connectivity index (χ4n) is 4.43. The lowest BCUT2D eigenvalue weighted by Gasteiger charge is -2.22. The van der Waals surface area contributed by atoms with Crippen LogP contribution < -0.4 is 5.43 Å². The Labute approximate surface area is 182 Å². The van der Waals surface area contributed by atoms with Crippen LogP contribution in [0.5, 0.6) is 0 Å². The predicted molar refractivity (Wildman–Crippen MR) is 125 cm³/mol. The lowest BCUT2D eigenvalue weighted by atomic mass is 9.84. The Morgan fingerprint density at radius 3 is 2.63 bits per heavy atom. The molecule has 0 saturated heterocycles. The zero-order valence-corrected chi connectivity index (χ0v) is 18.5. The van der Waals surface area contributed by atoms with Crippen molar-refractivity contribution in [2.75, 3.05) is 0 Å². The van der Waals surface area contributed by atoms with Crippen LogP contribution in [0.4, 0.5) is 0 Å².